The largest absolute Gasteiger partial charge is 0.307 e. The molecule has 0 spiro atoms. The van der Waals surface area contributed by atoms with Crippen molar-refractivity contribution in [2.24, 2.45) is 0 Å². The standard InChI is InChI=1S/C18H25BrFN/c1-2-12-21-18(14-8-6-4-3-5-7-9-14)15-10-11-16(19)17(20)13-15/h8,10-11,13,18,21H,2-7,9,12H2,1H3/b14-8+. The van der Waals surface area contributed by atoms with E-state index in [4.69, 9.17) is 0 Å². The van der Waals surface area contributed by atoms with Crippen molar-refractivity contribution in [3.8, 4) is 0 Å². The number of halogens is 2. The molecule has 1 aromatic carbocycles. The average Bonchev–Trinajstić information content (AvgIpc) is 2.44. The molecule has 0 amide bonds. The van der Waals surface area contributed by atoms with Crippen molar-refractivity contribution < 1.29 is 4.39 Å². The lowest BCUT2D eigenvalue weighted by molar-refractivity contribution is 0.536. The molecule has 0 heterocycles. The molecule has 1 N–H and O–H groups in total. The van der Waals surface area contributed by atoms with Crippen molar-refractivity contribution in [3.63, 3.8) is 0 Å². The lowest BCUT2D eigenvalue weighted by atomic mass is 9.91. The molecule has 1 nitrogen and oxygen atoms in total. The second-order valence-corrected chi connectivity index (χ2v) is 6.65. The molecule has 0 bridgehead atoms. The average molecular weight is 354 g/mol. The third kappa shape index (κ3) is 4.93. The Balaban J connectivity index is 2.25. The van der Waals surface area contributed by atoms with E-state index in [1.54, 1.807) is 6.07 Å². The summed E-state index contributed by atoms with van der Waals surface area (Å²) in [4.78, 5) is 0. The highest BCUT2D eigenvalue weighted by Gasteiger charge is 2.17. The molecule has 0 saturated heterocycles. The summed E-state index contributed by atoms with van der Waals surface area (Å²) < 4.78 is 14.4. The van der Waals surface area contributed by atoms with Gasteiger partial charge in [-0.2, -0.15) is 0 Å². The Bertz CT molecular complexity index is 484. The summed E-state index contributed by atoms with van der Waals surface area (Å²) >= 11 is 3.24. The predicted octanol–water partition coefficient (Wildman–Crippen LogP) is 5.91. The van der Waals surface area contributed by atoms with E-state index in [0.717, 1.165) is 31.4 Å². The van der Waals surface area contributed by atoms with Gasteiger partial charge in [0.1, 0.15) is 5.82 Å². The maximum atomic E-state index is 13.9. The highest BCUT2D eigenvalue weighted by atomic mass is 79.9. The van der Waals surface area contributed by atoms with E-state index >= 15 is 0 Å². The van der Waals surface area contributed by atoms with Gasteiger partial charge >= 0.3 is 0 Å². The SMILES string of the molecule is CCCNC(/C1=C/CCCCCC1)c1ccc(Br)c(F)c1. The molecule has 21 heavy (non-hydrogen) atoms. The van der Waals surface area contributed by atoms with E-state index < -0.39 is 0 Å². The van der Waals surface area contributed by atoms with Crippen molar-refractivity contribution in [2.45, 2.75) is 57.9 Å². The highest BCUT2D eigenvalue weighted by Crippen LogP contribution is 2.30. The second kappa shape index (κ2) is 8.70. The van der Waals surface area contributed by atoms with Crippen LogP contribution in [-0.4, -0.2) is 6.54 Å². The zero-order valence-corrected chi connectivity index (χ0v) is 14.4. The minimum absolute atomic E-state index is 0.158. The fourth-order valence-corrected chi connectivity index (χ4v) is 3.17. The monoisotopic (exact) mass is 353 g/mol. The van der Waals surface area contributed by atoms with E-state index in [1.807, 2.05) is 12.1 Å². The molecule has 1 aliphatic carbocycles. The van der Waals surface area contributed by atoms with Crippen LogP contribution in [0.25, 0.3) is 0 Å². The van der Waals surface area contributed by atoms with Gasteiger partial charge in [0.05, 0.1) is 10.5 Å². The Morgan fingerprint density at radius 1 is 1.24 bits per heavy atom. The Hall–Kier alpha value is -0.670. The zero-order chi connectivity index (χ0) is 15.1. The molecular weight excluding hydrogens is 329 g/mol. The topological polar surface area (TPSA) is 12.0 Å². The number of hydrogen-bond acceptors (Lipinski definition) is 1. The van der Waals surface area contributed by atoms with E-state index in [0.29, 0.717) is 4.47 Å². The Morgan fingerprint density at radius 2 is 2.05 bits per heavy atom. The number of rotatable bonds is 5. The summed E-state index contributed by atoms with van der Waals surface area (Å²) in [6.07, 6.45) is 10.9. The molecule has 0 radical (unpaired) electrons. The van der Waals surface area contributed by atoms with Crippen molar-refractivity contribution in [3.05, 3.63) is 45.7 Å². The second-order valence-electron chi connectivity index (χ2n) is 5.79. The molecule has 1 aliphatic rings. The first-order valence-corrected chi connectivity index (χ1v) is 8.89. The van der Waals surface area contributed by atoms with Crippen molar-refractivity contribution >= 4 is 15.9 Å². The summed E-state index contributed by atoms with van der Waals surface area (Å²) in [5, 5.41) is 3.60. The van der Waals surface area contributed by atoms with Crippen LogP contribution < -0.4 is 5.32 Å². The van der Waals surface area contributed by atoms with Gasteiger partial charge < -0.3 is 5.32 Å². The van der Waals surface area contributed by atoms with Crippen LogP contribution in [0, 0.1) is 5.82 Å². The number of allylic oxidation sites excluding steroid dienone is 1. The molecule has 0 aliphatic heterocycles. The van der Waals surface area contributed by atoms with Crippen molar-refractivity contribution in [1.82, 2.24) is 5.32 Å². The summed E-state index contributed by atoms with van der Waals surface area (Å²) in [5.41, 5.74) is 2.47. The third-order valence-electron chi connectivity index (χ3n) is 4.07. The molecule has 1 unspecified atom stereocenters. The van der Waals surface area contributed by atoms with Crippen LogP contribution in [0.4, 0.5) is 4.39 Å². The van der Waals surface area contributed by atoms with Crippen LogP contribution in [0.2, 0.25) is 0 Å². The van der Waals surface area contributed by atoms with Gasteiger partial charge in [-0.05, 0) is 72.3 Å². The molecule has 1 atom stereocenters. The van der Waals surface area contributed by atoms with Gasteiger partial charge in [-0.3, -0.25) is 0 Å². The zero-order valence-electron chi connectivity index (χ0n) is 12.8. The number of benzene rings is 1. The van der Waals surface area contributed by atoms with E-state index in [-0.39, 0.29) is 11.9 Å². The molecule has 0 aromatic heterocycles. The Morgan fingerprint density at radius 3 is 2.81 bits per heavy atom. The van der Waals surface area contributed by atoms with Gasteiger partial charge in [-0.25, -0.2) is 4.39 Å². The molecular formula is C18H25BrFN. The third-order valence-corrected chi connectivity index (χ3v) is 4.72. The van der Waals surface area contributed by atoms with Crippen LogP contribution in [-0.2, 0) is 0 Å². The quantitative estimate of drug-likeness (QED) is 0.648. The van der Waals surface area contributed by atoms with Crippen LogP contribution in [0.5, 0.6) is 0 Å². The van der Waals surface area contributed by atoms with Gasteiger partial charge in [0, 0.05) is 0 Å². The lowest BCUT2D eigenvalue weighted by Gasteiger charge is -2.24. The Labute approximate surface area is 136 Å². The summed E-state index contributed by atoms with van der Waals surface area (Å²) in [5.74, 6) is -0.178. The molecule has 2 rings (SSSR count). The minimum atomic E-state index is -0.178. The molecule has 0 saturated carbocycles. The number of hydrogen-bond donors (Lipinski definition) is 1. The maximum absolute atomic E-state index is 13.9. The van der Waals surface area contributed by atoms with Gasteiger partial charge in [-0.1, -0.05) is 37.5 Å². The molecule has 0 fully saturated rings. The van der Waals surface area contributed by atoms with E-state index in [2.05, 4.69) is 34.2 Å². The first-order chi connectivity index (χ1) is 10.2. The summed E-state index contributed by atoms with van der Waals surface area (Å²) in [7, 11) is 0. The first-order valence-electron chi connectivity index (χ1n) is 8.09. The molecule has 116 valence electrons. The van der Waals surface area contributed by atoms with Crippen molar-refractivity contribution in [2.75, 3.05) is 6.54 Å². The highest BCUT2D eigenvalue weighted by molar-refractivity contribution is 9.10. The first kappa shape index (κ1) is 16.7. The number of nitrogens with one attached hydrogen (secondary N) is 1. The fourth-order valence-electron chi connectivity index (χ4n) is 2.92. The van der Waals surface area contributed by atoms with Gasteiger partial charge in [-0.15, -0.1) is 0 Å². The minimum Gasteiger partial charge on any atom is -0.307 e. The summed E-state index contributed by atoms with van der Waals surface area (Å²) in [6.45, 7) is 3.12. The van der Waals surface area contributed by atoms with Crippen molar-refractivity contribution in [1.29, 1.82) is 0 Å². The van der Waals surface area contributed by atoms with Gasteiger partial charge in [0.2, 0.25) is 0 Å². The summed E-state index contributed by atoms with van der Waals surface area (Å²) in [6, 6.07) is 5.66. The normalized spacial score (nSPS) is 20.2. The fraction of sp³-hybridized carbons (Fsp3) is 0.556. The van der Waals surface area contributed by atoms with Crippen LogP contribution >= 0.6 is 15.9 Å². The van der Waals surface area contributed by atoms with Gasteiger partial charge in [0.15, 0.2) is 0 Å². The van der Waals surface area contributed by atoms with Crippen LogP contribution in [0.3, 0.4) is 0 Å². The smallest absolute Gasteiger partial charge is 0.137 e. The van der Waals surface area contributed by atoms with Crippen LogP contribution in [0.1, 0.15) is 63.5 Å². The maximum Gasteiger partial charge on any atom is 0.137 e. The van der Waals surface area contributed by atoms with E-state index in [1.165, 1.54) is 31.3 Å². The Kier molecular flexibility index (Phi) is 6.91. The van der Waals surface area contributed by atoms with Gasteiger partial charge in [0.25, 0.3) is 0 Å². The van der Waals surface area contributed by atoms with Crippen LogP contribution in [0.15, 0.2) is 34.3 Å². The predicted molar refractivity (Wildman–Crippen MR) is 90.9 cm³/mol. The molecule has 1 aromatic rings. The van der Waals surface area contributed by atoms with E-state index in [9.17, 15) is 4.39 Å². The molecule has 3 heteroatoms. The lowest BCUT2D eigenvalue weighted by Crippen LogP contribution is -2.24.